The van der Waals surface area contributed by atoms with Crippen LogP contribution >= 0.6 is 0 Å². The SMILES string of the molecule is O=C(CCc1nc2ccccc2[nH]1)NCc1ccc(N2CCc3ccccc3C2)nc1. The second kappa shape index (κ2) is 8.60. The van der Waals surface area contributed by atoms with E-state index in [0.29, 0.717) is 19.4 Å². The van der Waals surface area contributed by atoms with Crippen molar-refractivity contribution in [2.75, 3.05) is 11.4 Å². The number of nitrogens with one attached hydrogen (secondary N) is 2. The van der Waals surface area contributed by atoms with Crippen molar-refractivity contribution in [3.63, 3.8) is 0 Å². The molecule has 1 aliphatic rings. The van der Waals surface area contributed by atoms with E-state index in [1.807, 2.05) is 42.6 Å². The molecule has 6 heteroatoms. The van der Waals surface area contributed by atoms with Gasteiger partial charge in [0.1, 0.15) is 11.6 Å². The molecule has 0 bridgehead atoms. The number of hydrogen-bond acceptors (Lipinski definition) is 4. The summed E-state index contributed by atoms with van der Waals surface area (Å²) in [6, 6.07) is 20.6. The molecule has 6 nitrogen and oxygen atoms in total. The molecule has 2 N–H and O–H groups in total. The third-order valence-corrected chi connectivity index (χ3v) is 5.78. The third kappa shape index (κ3) is 4.43. The molecule has 5 rings (SSSR count). The lowest BCUT2D eigenvalue weighted by Gasteiger charge is -2.29. The molecule has 0 saturated carbocycles. The first-order chi connectivity index (χ1) is 15.2. The zero-order chi connectivity index (χ0) is 21.0. The number of para-hydroxylation sites is 2. The van der Waals surface area contributed by atoms with Crippen molar-refractivity contribution in [3.05, 3.63) is 89.4 Å². The van der Waals surface area contributed by atoms with Crippen molar-refractivity contribution in [1.29, 1.82) is 0 Å². The summed E-state index contributed by atoms with van der Waals surface area (Å²) < 4.78 is 0. The molecular formula is C25H25N5O. The fourth-order valence-corrected chi connectivity index (χ4v) is 4.04. The average Bonchev–Trinajstić information content (AvgIpc) is 3.24. The summed E-state index contributed by atoms with van der Waals surface area (Å²) in [5.74, 6) is 1.83. The molecule has 156 valence electrons. The van der Waals surface area contributed by atoms with Crippen LogP contribution in [0.3, 0.4) is 0 Å². The largest absolute Gasteiger partial charge is 0.352 e. The minimum absolute atomic E-state index is 0.0113. The van der Waals surface area contributed by atoms with E-state index in [2.05, 4.69) is 49.4 Å². The van der Waals surface area contributed by atoms with Crippen molar-refractivity contribution in [2.45, 2.75) is 32.4 Å². The van der Waals surface area contributed by atoms with Gasteiger partial charge in [-0.1, -0.05) is 42.5 Å². The Morgan fingerprint density at radius 2 is 1.87 bits per heavy atom. The highest BCUT2D eigenvalue weighted by atomic mass is 16.1. The van der Waals surface area contributed by atoms with E-state index in [1.165, 1.54) is 11.1 Å². The lowest BCUT2D eigenvalue weighted by molar-refractivity contribution is -0.121. The smallest absolute Gasteiger partial charge is 0.220 e. The summed E-state index contributed by atoms with van der Waals surface area (Å²) in [6.07, 6.45) is 3.89. The Hall–Kier alpha value is -3.67. The number of aromatic nitrogens is 3. The number of H-pyrrole nitrogens is 1. The Bertz CT molecular complexity index is 1170. The molecule has 0 spiro atoms. The second-order valence-corrected chi connectivity index (χ2v) is 7.94. The van der Waals surface area contributed by atoms with Crippen molar-refractivity contribution in [3.8, 4) is 0 Å². The van der Waals surface area contributed by atoms with Gasteiger partial charge in [0, 0.05) is 38.7 Å². The van der Waals surface area contributed by atoms with Crippen molar-refractivity contribution < 1.29 is 4.79 Å². The Morgan fingerprint density at radius 3 is 2.71 bits per heavy atom. The summed E-state index contributed by atoms with van der Waals surface area (Å²) >= 11 is 0. The molecule has 31 heavy (non-hydrogen) atoms. The highest BCUT2D eigenvalue weighted by molar-refractivity contribution is 5.77. The first-order valence-corrected chi connectivity index (χ1v) is 10.7. The molecule has 2 aromatic heterocycles. The molecule has 2 aromatic carbocycles. The molecule has 3 heterocycles. The van der Waals surface area contributed by atoms with E-state index < -0.39 is 0 Å². The first kappa shape index (κ1) is 19.3. The van der Waals surface area contributed by atoms with Crippen LogP contribution in [-0.4, -0.2) is 27.4 Å². The first-order valence-electron chi connectivity index (χ1n) is 10.7. The van der Waals surface area contributed by atoms with E-state index in [1.54, 1.807) is 0 Å². The number of pyridine rings is 1. The normalized spacial score (nSPS) is 13.2. The number of aryl methyl sites for hydroxylation is 1. The summed E-state index contributed by atoms with van der Waals surface area (Å²) in [5.41, 5.74) is 5.73. The van der Waals surface area contributed by atoms with Crippen LogP contribution < -0.4 is 10.2 Å². The molecule has 0 saturated heterocycles. The van der Waals surface area contributed by atoms with Gasteiger partial charge in [0.25, 0.3) is 0 Å². The third-order valence-electron chi connectivity index (χ3n) is 5.78. The van der Waals surface area contributed by atoms with Crippen molar-refractivity contribution in [1.82, 2.24) is 20.3 Å². The fourth-order valence-electron chi connectivity index (χ4n) is 4.04. The molecule has 0 aliphatic carbocycles. The summed E-state index contributed by atoms with van der Waals surface area (Å²) in [5, 5.41) is 2.98. The monoisotopic (exact) mass is 411 g/mol. The van der Waals surface area contributed by atoms with Gasteiger partial charge >= 0.3 is 0 Å². The maximum Gasteiger partial charge on any atom is 0.220 e. The average molecular weight is 412 g/mol. The maximum absolute atomic E-state index is 12.3. The predicted octanol–water partition coefficient (Wildman–Crippen LogP) is 3.77. The molecule has 1 aliphatic heterocycles. The van der Waals surface area contributed by atoms with E-state index >= 15 is 0 Å². The van der Waals surface area contributed by atoms with Crippen LogP contribution in [0.5, 0.6) is 0 Å². The number of carbonyl (C=O) groups excluding carboxylic acids is 1. The Morgan fingerprint density at radius 1 is 1.03 bits per heavy atom. The minimum atomic E-state index is 0.0113. The highest BCUT2D eigenvalue weighted by Crippen LogP contribution is 2.23. The number of nitrogens with zero attached hydrogens (tertiary/aromatic N) is 3. The molecule has 0 atom stereocenters. The van der Waals surface area contributed by atoms with E-state index in [9.17, 15) is 4.79 Å². The van der Waals surface area contributed by atoms with Gasteiger partial charge in [0.15, 0.2) is 0 Å². The Labute approximate surface area is 181 Å². The van der Waals surface area contributed by atoms with Crippen molar-refractivity contribution in [2.24, 2.45) is 0 Å². The van der Waals surface area contributed by atoms with Gasteiger partial charge in [-0.2, -0.15) is 0 Å². The molecule has 1 amide bonds. The van der Waals surface area contributed by atoms with Gasteiger partial charge in [-0.15, -0.1) is 0 Å². The van der Waals surface area contributed by atoms with Gasteiger partial charge in [0.2, 0.25) is 5.91 Å². The van der Waals surface area contributed by atoms with E-state index in [-0.39, 0.29) is 5.91 Å². The van der Waals surface area contributed by atoms with Crippen LogP contribution in [0.25, 0.3) is 11.0 Å². The van der Waals surface area contributed by atoms with Crippen LogP contribution in [-0.2, 0) is 30.7 Å². The van der Waals surface area contributed by atoms with Crippen LogP contribution in [0.2, 0.25) is 0 Å². The maximum atomic E-state index is 12.3. The predicted molar refractivity (Wildman–Crippen MR) is 122 cm³/mol. The minimum Gasteiger partial charge on any atom is -0.352 e. The topological polar surface area (TPSA) is 73.9 Å². The number of anilines is 1. The quantitative estimate of drug-likeness (QED) is 0.507. The van der Waals surface area contributed by atoms with Gasteiger partial charge < -0.3 is 15.2 Å². The highest BCUT2D eigenvalue weighted by Gasteiger charge is 2.16. The van der Waals surface area contributed by atoms with Gasteiger partial charge in [-0.25, -0.2) is 9.97 Å². The fraction of sp³-hybridized carbons (Fsp3) is 0.240. The number of imidazole rings is 1. The lowest BCUT2D eigenvalue weighted by atomic mass is 10.00. The zero-order valence-corrected chi connectivity index (χ0v) is 17.3. The van der Waals surface area contributed by atoms with Crippen LogP contribution in [0.1, 0.15) is 28.9 Å². The molecule has 0 fully saturated rings. The lowest BCUT2D eigenvalue weighted by Crippen LogP contribution is -2.31. The number of rotatable bonds is 6. The van der Waals surface area contributed by atoms with Crippen LogP contribution in [0.4, 0.5) is 5.82 Å². The molecule has 0 unspecified atom stereocenters. The number of carbonyl (C=O) groups is 1. The van der Waals surface area contributed by atoms with Gasteiger partial charge in [0.05, 0.1) is 11.0 Å². The molecular weight excluding hydrogens is 386 g/mol. The Balaban J connectivity index is 1.12. The number of hydrogen-bond donors (Lipinski definition) is 2. The van der Waals surface area contributed by atoms with Crippen LogP contribution in [0.15, 0.2) is 66.9 Å². The Kier molecular flexibility index (Phi) is 5.35. The second-order valence-electron chi connectivity index (χ2n) is 7.94. The number of aromatic amines is 1. The summed E-state index contributed by atoms with van der Waals surface area (Å²) in [6.45, 7) is 2.35. The summed E-state index contributed by atoms with van der Waals surface area (Å²) in [7, 11) is 0. The van der Waals surface area contributed by atoms with Crippen molar-refractivity contribution >= 4 is 22.8 Å². The zero-order valence-electron chi connectivity index (χ0n) is 17.3. The molecule has 0 radical (unpaired) electrons. The number of fused-ring (bicyclic) bond motifs is 2. The number of amides is 1. The standard InChI is InChI=1S/C25H25N5O/c31-25(12-10-23-28-21-7-3-4-8-22(21)29-23)27-16-18-9-11-24(26-15-18)30-14-13-19-5-1-2-6-20(19)17-30/h1-9,11,15H,10,12-14,16-17H2,(H,27,31)(H,28,29). The number of benzene rings is 2. The van der Waals surface area contributed by atoms with E-state index in [4.69, 9.17) is 0 Å². The van der Waals surface area contributed by atoms with Gasteiger partial charge in [-0.3, -0.25) is 4.79 Å². The van der Waals surface area contributed by atoms with E-state index in [0.717, 1.165) is 47.7 Å². The summed E-state index contributed by atoms with van der Waals surface area (Å²) in [4.78, 5) is 27.0. The van der Waals surface area contributed by atoms with Crippen LogP contribution in [0, 0.1) is 0 Å². The molecule has 4 aromatic rings. The van der Waals surface area contributed by atoms with Gasteiger partial charge in [-0.05, 0) is 41.3 Å².